The SMILES string of the molecule is Cc1ccc(NC(=O)C(C)N2CCC(N(C)CC(=O)O)CC2)cc1C.Cl. The molecule has 1 fully saturated rings. The first kappa shape index (κ1) is 22.4. The number of carboxylic acids is 1. The van der Waals surface area contributed by atoms with Crippen molar-refractivity contribution in [3.8, 4) is 0 Å². The van der Waals surface area contributed by atoms with E-state index in [9.17, 15) is 9.59 Å². The number of rotatable bonds is 6. The molecule has 2 N–H and O–H groups in total. The van der Waals surface area contributed by atoms with E-state index in [1.807, 2.05) is 44.0 Å². The van der Waals surface area contributed by atoms with Gasteiger partial charge >= 0.3 is 5.97 Å². The summed E-state index contributed by atoms with van der Waals surface area (Å²) in [5.74, 6) is -0.799. The van der Waals surface area contributed by atoms with Crippen LogP contribution in [0.15, 0.2) is 18.2 Å². The molecule has 1 heterocycles. The number of aliphatic carboxylic acids is 1. The third kappa shape index (κ3) is 5.97. The number of likely N-dealkylation sites (tertiary alicyclic amines) is 1. The number of hydrogen-bond acceptors (Lipinski definition) is 4. The quantitative estimate of drug-likeness (QED) is 0.789. The molecular weight excluding hydrogens is 354 g/mol. The molecule has 0 bridgehead atoms. The molecule has 0 spiro atoms. The highest BCUT2D eigenvalue weighted by molar-refractivity contribution is 5.94. The van der Waals surface area contributed by atoms with Crippen molar-refractivity contribution in [3.05, 3.63) is 29.3 Å². The Kier molecular flexibility index (Phi) is 8.53. The lowest BCUT2D eigenvalue weighted by molar-refractivity contribution is -0.138. The number of likely N-dealkylation sites (N-methyl/N-ethyl adjacent to an activating group) is 1. The monoisotopic (exact) mass is 383 g/mol. The molecule has 1 amide bonds. The second-order valence-corrected chi connectivity index (χ2v) is 7.04. The second kappa shape index (κ2) is 9.90. The predicted octanol–water partition coefficient (Wildman–Crippen LogP) is 2.53. The Morgan fingerprint density at radius 3 is 2.42 bits per heavy atom. The van der Waals surface area contributed by atoms with Gasteiger partial charge in [0.05, 0.1) is 12.6 Å². The molecule has 1 aromatic carbocycles. The topological polar surface area (TPSA) is 72.9 Å². The first-order valence-corrected chi connectivity index (χ1v) is 8.82. The van der Waals surface area contributed by atoms with Crippen molar-refractivity contribution in [1.82, 2.24) is 9.80 Å². The predicted molar refractivity (Wildman–Crippen MR) is 106 cm³/mol. The van der Waals surface area contributed by atoms with E-state index in [0.717, 1.165) is 37.2 Å². The Bertz CT molecular complexity index is 630. The number of carbonyl (C=O) groups is 2. The number of aryl methyl sites for hydroxylation is 2. The van der Waals surface area contributed by atoms with E-state index in [2.05, 4.69) is 17.1 Å². The van der Waals surface area contributed by atoms with Crippen LogP contribution in [0.1, 0.15) is 30.9 Å². The number of piperidine rings is 1. The van der Waals surface area contributed by atoms with Crippen LogP contribution < -0.4 is 5.32 Å². The number of benzene rings is 1. The fourth-order valence-electron chi connectivity index (χ4n) is 3.29. The lowest BCUT2D eigenvalue weighted by Gasteiger charge is -2.38. The normalized spacial score (nSPS) is 16.8. The zero-order chi connectivity index (χ0) is 18.6. The second-order valence-electron chi connectivity index (χ2n) is 7.04. The summed E-state index contributed by atoms with van der Waals surface area (Å²) in [5, 5.41) is 11.9. The van der Waals surface area contributed by atoms with Crippen LogP contribution in [0.4, 0.5) is 5.69 Å². The minimum absolute atomic E-state index is 0. The van der Waals surface area contributed by atoms with E-state index in [-0.39, 0.29) is 36.9 Å². The maximum Gasteiger partial charge on any atom is 0.317 e. The van der Waals surface area contributed by atoms with Crippen LogP contribution in [0.2, 0.25) is 0 Å². The highest BCUT2D eigenvalue weighted by atomic mass is 35.5. The van der Waals surface area contributed by atoms with Gasteiger partial charge in [0.25, 0.3) is 0 Å². The number of nitrogens with one attached hydrogen (secondary N) is 1. The maximum absolute atomic E-state index is 12.5. The summed E-state index contributed by atoms with van der Waals surface area (Å²) >= 11 is 0. The standard InChI is InChI=1S/C19H29N3O3.ClH/c1-13-5-6-16(11-14(13)2)20-19(25)15(3)22-9-7-17(8-10-22)21(4)12-18(23)24;/h5-6,11,15,17H,7-10,12H2,1-4H3,(H,20,25)(H,23,24);1H. The molecule has 0 aliphatic carbocycles. The molecule has 1 aromatic rings. The van der Waals surface area contributed by atoms with Crippen molar-refractivity contribution in [2.75, 3.05) is 32.0 Å². The summed E-state index contributed by atoms with van der Waals surface area (Å²) in [6, 6.07) is 6.00. The van der Waals surface area contributed by atoms with E-state index in [0.29, 0.717) is 0 Å². The van der Waals surface area contributed by atoms with Crippen molar-refractivity contribution in [1.29, 1.82) is 0 Å². The van der Waals surface area contributed by atoms with Gasteiger partial charge in [0.2, 0.25) is 5.91 Å². The third-order valence-corrected chi connectivity index (χ3v) is 5.21. The number of carbonyl (C=O) groups excluding carboxylic acids is 1. The first-order valence-electron chi connectivity index (χ1n) is 8.82. The number of halogens is 1. The summed E-state index contributed by atoms with van der Waals surface area (Å²) < 4.78 is 0. The fraction of sp³-hybridized carbons (Fsp3) is 0.579. The lowest BCUT2D eigenvalue weighted by Crippen LogP contribution is -2.50. The Morgan fingerprint density at radius 1 is 1.27 bits per heavy atom. The summed E-state index contributed by atoms with van der Waals surface area (Å²) in [6.07, 6.45) is 1.76. The van der Waals surface area contributed by atoms with Crippen LogP contribution >= 0.6 is 12.4 Å². The zero-order valence-corrected chi connectivity index (χ0v) is 16.8. The Labute approximate surface area is 162 Å². The largest absolute Gasteiger partial charge is 0.480 e. The van der Waals surface area contributed by atoms with Gasteiger partial charge in [-0.15, -0.1) is 12.4 Å². The van der Waals surface area contributed by atoms with Crippen LogP contribution in [0, 0.1) is 13.8 Å². The smallest absolute Gasteiger partial charge is 0.317 e. The van der Waals surface area contributed by atoms with Crippen molar-refractivity contribution in [2.24, 2.45) is 0 Å². The van der Waals surface area contributed by atoms with Crippen LogP contribution in [0.3, 0.4) is 0 Å². The van der Waals surface area contributed by atoms with E-state index in [1.165, 1.54) is 5.56 Å². The summed E-state index contributed by atoms with van der Waals surface area (Å²) in [7, 11) is 1.85. The number of carboxylic acid groups (broad SMARTS) is 1. The minimum atomic E-state index is -0.800. The molecule has 0 saturated carbocycles. The lowest BCUT2D eigenvalue weighted by atomic mass is 10.0. The number of anilines is 1. The minimum Gasteiger partial charge on any atom is -0.480 e. The average Bonchev–Trinajstić information content (AvgIpc) is 2.57. The molecular formula is C19H30ClN3O3. The molecule has 26 heavy (non-hydrogen) atoms. The van der Waals surface area contributed by atoms with Crippen LogP contribution in [-0.2, 0) is 9.59 Å². The van der Waals surface area contributed by atoms with Gasteiger partial charge in [0.15, 0.2) is 0 Å². The van der Waals surface area contributed by atoms with E-state index in [1.54, 1.807) is 0 Å². The maximum atomic E-state index is 12.5. The Morgan fingerprint density at radius 2 is 1.88 bits per heavy atom. The molecule has 6 nitrogen and oxygen atoms in total. The van der Waals surface area contributed by atoms with Gasteiger partial charge in [-0.05, 0) is 63.9 Å². The molecule has 1 aliphatic rings. The van der Waals surface area contributed by atoms with Crippen molar-refractivity contribution in [2.45, 2.75) is 45.7 Å². The van der Waals surface area contributed by atoms with E-state index >= 15 is 0 Å². The number of amides is 1. The Hall–Kier alpha value is -1.63. The number of nitrogens with zero attached hydrogens (tertiary/aromatic N) is 2. The third-order valence-electron chi connectivity index (χ3n) is 5.21. The van der Waals surface area contributed by atoms with Gasteiger partial charge in [-0.3, -0.25) is 19.4 Å². The molecule has 0 radical (unpaired) electrons. The molecule has 1 aliphatic heterocycles. The number of hydrogen-bond donors (Lipinski definition) is 2. The van der Waals surface area contributed by atoms with Gasteiger partial charge in [-0.1, -0.05) is 6.07 Å². The van der Waals surface area contributed by atoms with Gasteiger partial charge in [0, 0.05) is 24.8 Å². The van der Waals surface area contributed by atoms with Crippen LogP contribution in [0.25, 0.3) is 0 Å². The molecule has 2 rings (SSSR count). The van der Waals surface area contributed by atoms with Crippen LogP contribution in [-0.4, -0.2) is 65.5 Å². The van der Waals surface area contributed by atoms with Crippen molar-refractivity contribution < 1.29 is 14.7 Å². The zero-order valence-electron chi connectivity index (χ0n) is 16.0. The fourth-order valence-corrected chi connectivity index (χ4v) is 3.29. The molecule has 0 aromatic heterocycles. The first-order chi connectivity index (χ1) is 11.8. The average molecular weight is 384 g/mol. The van der Waals surface area contributed by atoms with E-state index in [4.69, 9.17) is 5.11 Å². The molecule has 146 valence electrons. The summed E-state index contributed by atoms with van der Waals surface area (Å²) in [5.41, 5.74) is 3.20. The molecule has 1 atom stereocenters. The van der Waals surface area contributed by atoms with Gasteiger partial charge in [-0.25, -0.2) is 0 Å². The summed E-state index contributed by atoms with van der Waals surface area (Å²) in [6.45, 7) is 7.68. The van der Waals surface area contributed by atoms with Gasteiger partial charge in [0.1, 0.15) is 0 Å². The molecule has 1 unspecified atom stereocenters. The van der Waals surface area contributed by atoms with E-state index < -0.39 is 5.97 Å². The highest BCUT2D eigenvalue weighted by Gasteiger charge is 2.28. The van der Waals surface area contributed by atoms with Gasteiger partial charge in [-0.2, -0.15) is 0 Å². The van der Waals surface area contributed by atoms with Crippen molar-refractivity contribution >= 4 is 30.0 Å². The Balaban J connectivity index is 0.00000338. The highest BCUT2D eigenvalue weighted by Crippen LogP contribution is 2.19. The molecule has 7 heteroatoms. The van der Waals surface area contributed by atoms with Crippen LogP contribution in [0.5, 0.6) is 0 Å². The van der Waals surface area contributed by atoms with Gasteiger partial charge < -0.3 is 10.4 Å². The summed E-state index contributed by atoms with van der Waals surface area (Å²) in [4.78, 5) is 27.4. The molecule has 1 saturated heterocycles. The van der Waals surface area contributed by atoms with Crippen molar-refractivity contribution in [3.63, 3.8) is 0 Å².